The molecule has 1 heterocycles. The lowest BCUT2D eigenvalue weighted by Gasteiger charge is -2.39. The molecule has 0 aromatic rings. The van der Waals surface area contributed by atoms with Gasteiger partial charge in [-0.3, -0.25) is 9.89 Å². The Kier molecular flexibility index (Phi) is 5.35. The minimum absolute atomic E-state index is 0.425. The van der Waals surface area contributed by atoms with Crippen LogP contribution in [-0.4, -0.2) is 67.2 Å². The van der Waals surface area contributed by atoms with Gasteiger partial charge in [-0.05, 0) is 32.6 Å². The number of aliphatic imine (C=N–C) groups is 1. The van der Waals surface area contributed by atoms with Crippen LogP contribution in [-0.2, 0) is 0 Å². The highest BCUT2D eigenvalue weighted by atomic mass is 19.4. The predicted molar refractivity (Wildman–Crippen MR) is 77.4 cm³/mol. The van der Waals surface area contributed by atoms with Crippen LogP contribution in [0.5, 0.6) is 0 Å². The minimum atomic E-state index is -4.15. The minimum Gasteiger partial charge on any atom is -0.357 e. The molecule has 0 amide bonds. The van der Waals surface area contributed by atoms with Crippen molar-refractivity contribution in [1.82, 2.24) is 15.1 Å². The molecule has 21 heavy (non-hydrogen) atoms. The normalized spacial score (nSPS) is 23.3. The topological polar surface area (TPSA) is 30.9 Å². The van der Waals surface area contributed by atoms with Crippen molar-refractivity contribution in [3.63, 3.8) is 0 Å². The maximum Gasteiger partial charge on any atom is 0.403 e. The standard InChI is InChI=1S/C14H25F3N4/c1-3-18-13(19-10-12-4-5-12)21-8-6-20(7-9-21)11(2)14(15,16)17/h11-12H,3-10H2,1-2H3,(H,18,19). The number of hydrogen-bond donors (Lipinski definition) is 1. The van der Waals surface area contributed by atoms with E-state index in [4.69, 9.17) is 0 Å². The third-order valence-electron chi connectivity index (χ3n) is 4.17. The van der Waals surface area contributed by atoms with Gasteiger partial charge in [0, 0.05) is 39.3 Å². The zero-order valence-corrected chi connectivity index (χ0v) is 12.8. The molecule has 0 radical (unpaired) electrons. The Labute approximate surface area is 124 Å². The lowest BCUT2D eigenvalue weighted by Crippen LogP contribution is -2.56. The van der Waals surface area contributed by atoms with Crippen molar-refractivity contribution >= 4 is 5.96 Å². The molecule has 2 rings (SSSR count). The Morgan fingerprint density at radius 2 is 1.86 bits per heavy atom. The van der Waals surface area contributed by atoms with Crippen molar-refractivity contribution < 1.29 is 13.2 Å². The Hall–Kier alpha value is -0.980. The third-order valence-corrected chi connectivity index (χ3v) is 4.17. The third kappa shape index (κ3) is 4.76. The van der Waals surface area contributed by atoms with Gasteiger partial charge in [-0.1, -0.05) is 0 Å². The van der Waals surface area contributed by atoms with Crippen LogP contribution < -0.4 is 5.32 Å². The van der Waals surface area contributed by atoms with E-state index in [1.807, 2.05) is 6.92 Å². The smallest absolute Gasteiger partial charge is 0.357 e. The fraction of sp³-hybridized carbons (Fsp3) is 0.929. The summed E-state index contributed by atoms with van der Waals surface area (Å²) in [6.45, 7) is 6.90. The van der Waals surface area contributed by atoms with Gasteiger partial charge in [0.1, 0.15) is 6.04 Å². The van der Waals surface area contributed by atoms with Gasteiger partial charge in [0.2, 0.25) is 0 Å². The van der Waals surface area contributed by atoms with E-state index in [1.54, 1.807) is 0 Å². The molecule has 1 N–H and O–H groups in total. The molecule has 2 fully saturated rings. The second-order valence-electron chi connectivity index (χ2n) is 5.88. The van der Waals surface area contributed by atoms with E-state index in [-0.39, 0.29) is 0 Å². The molecule has 122 valence electrons. The summed E-state index contributed by atoms with van der Waals surface area (Å²) in [5.74, 6) is 1.56. The van der Waals surface area contributed by atoms with Crippen LogP contribution in [0.15, 0.2) is 4.99 Å². The molecule has 0 bridgehead atoms. The van der Waals surface area contributed by atoms with Crippen LogP contribution in [0, 0.1) is 5.92 Å². The van der Waals surface area contributed by atoms with Crippen LogP contribution in [0.25, 0.3) is 0 Å². The van der Waals surface area contributed by atoms with Crippen molar-refractivity contribution in [3.8, 4) is 0 Å². The maximum atomic E-state index is 12.7. The molecule has 2 aliphatic rings. The van der Waals surface area contributed by atoms with Crippen molar-refractivity contribution in [2.75, 3.05) is 39.3 Å². The molecular formula is C14H25F3N4. The van der Waals surface area contributed by atoms with Crippen molar-refractivity contribution in [1.29, 1.82) is 0 Å². The number of alkyl halides is 3. The van der Waals surface area contributed by atoms with Crippen LogP contribution in [0.2, 0.25) is 0 Å². The number of piperazine rings is 1. The molecule has 1 unspecified atom stereocenters. The summed E-state index contributed by atoms with van der Waals surface area (Å²) in [6.07, 6.45) is -1.65. The Bertz CT molecular complexity index is 358. The quantitative estimate of drug-likeness (QED) is 0.636. The first-order valence-corrected chi connectivity index (χ1v) is 7.75. The van der Waals surface area contributed by atoms with Gasteiger partial charge >= 0.3 is 6.18 Å². The highest BCUT2D eigenvalue weighted by Crippen LogP contribution is 2.29. The zero-order valence-electron chi connectivity index (χ0n) is 12.8. The zero-order chi connectivity index (χ0) is 15.5. The number of rotatable bonds is 4. The van der Waals surface area contributed by atoms with Gasteiger partial charge in [0.15, 0.2) is 5.96 Å². The molecule has 0 aromatic heterocycles. The summed E-state index contributed by atoms with van der Waals surface area (Å²) in [5, 5.41) is 3.24. The van der Waals surface area contributed by atoms with Crippen LogP contribution >= 0.6 is 0 Å². The highest BCUT2D eigenvalue weighted by Gasteiger charge is 2.41. The summed E-state index contributed by atoms with van der Waals surface area (Å²) < 4.78 is 38.2. The maximum absolute atomic E-state index is 12.7. The molecule has 4 nitrogen and oxygen atoms in total. The molecule has 1 atom stereocenters. The number of guanidine groups is 1. The van der Waals surface area contributed by atoms with Gasteiger partial charge in [0.25, 0.3) is 0 Å². The second kappa shape index (κ2) is 6.85. The van der Waals surface area contributed by atoms with E-state index in [9.17, 15) is 13.2 Å². The number of nitrogens with one attached hydrogen (secondary N) is 1. The van der Waals surface area contributed by atoms with Crippen molar-refractivity contribution in [3.05, 3.63) is 0 Å². The van der Waals surface area contributed by atoms with Crippen molar-refractivity contribution in [2.24, 2.45) is 10.9 Å². The van der Waals surface area contributed by atoms with Gasteiger partial charge in [-0.25, -0.2) is 0 Å². The second-order valence-corrected chi connectivity index (χ2v) is 5.88. The van der Waals surface area contributed by atoms with Crippen LogP contribution in [0.4, 0.5) is 13.2 Å². The van der Waals surface area contributed by atoms with E-state index in [1.165, 1.54) is 24.7 Å². The summed E-state index contributed by atoms with van der Waals surface area (Å²) in [5.41, 5.74) is 0. The summed E-state index contributed by atoms with van der Waals surface area (Å²) in [6, 6.07) is -1.37. The molecule has 1 saturated heterocycles. The molecule has 0 spiro atoms. The van der Waals surface area contributed by atoms with Crippen LogP contribution in [0.1, 0.15) is 26.7 Å². The lowest BCUT2D eigenvalue weighted by molar-refractivity contribution is -0.181. The Morgan fingerprint density at radius 3 is 2.33 bits per heavy atom. The lowest BCUT2D eigenvalue weighted by atomic mass is 10.2. The van der Waals surface area contributed by atoms with E-state index in [0.717, 1.165) is 19.0 Å². The molecular weight excluding hydrogens is 281 g/mol. The van der Waals surface area contributed by atoms with E-state index in [2.05, 4.69) is 15.2 Å². The van der Waals surface area contributed by atoms with Gasteiger partial charge in [-0.15, -0.1) is 0 Å². The number of halogens is 3. The Morgan fingerprint density at radius 1 is 1.24 bits per heavy atom. The monoisotopic (exact) mass is 306 g/mol. The van der Waals surface area contributed by atoms with E-state index < -0.39 is 12.2 Å². The molecule has 1 aliphatic carbocycles. The summed E-state index contributed by atoms with van der Waals surface area (Å²) in [4.78, 5) is 8.18. The van der Waals surface area contributed by atoms with Gasteiger partial charge < -0.3 is 10.2 Å². The summed E-state index contributed by atoms with van der Waals surface area (Å²) >= 11 is 0. The SMILES string of the molecule is CCNC(=NCC1CC1)N1CCN(C(C)C(F)(F)F)CC1. The highest BCUT2D eigenvalue weighted by molar-refractivity contribution is 5.80. The fourth-order valence-corrected chi connectivity index (χ4v) is 2.47. The van der Waals surface area contributed by atoms with Crippen molar-refractivity contribution in [2.45, 2.75) is 38.9 Å². The van der Waals surface area contributed by atoms with Crippen LogP contribution in [0.3, 0.4) is 0 Å². The van der Waals surface area contributed by atoms with E-state index >= 15 is 0 Å². The number of hydrogen-bond acceptors (Lipinski definition) is 2. The van der Waals surface area contributed by atoms with Gasteiger partial charge in [0.05, 0.1) is 0 Å². The average molecular weight is 306 g/mol. The molecule has 7 heteroatoms. The molecule has 0 aromatic carbocycles. The number of nitrogens with zero attached hydrogens (tertiary/aromatic N) is 3. The summed E-state index contributed by atoms with van der Waals surface area (Å²) in [7, 11) is 0. The van der Waals surface area contributed by atoms with Gasteiger partial charge in [-0.2, -0.15) is 13.2 Å². The molecule has 1 aliphatic heterocycles. The first kappa shape index (κ1) is 16.4. The first-order valence-electron chi connectivity index (χ1n) is 7.75. The fourth-order valence-electron chi connectivity index (χ4n) is 2.47. The Balaban J connectivity index is 1.87. The van der Waals surface area contributed by atoms with E-state index in [0.29, 0.717) is 32.1 Å². The largest absolute Gasteiger partial charge is 0.403 e. The molecule has 1 saturated carbocycles. The predicted octanol–water partition coefficient (Wildman–Crippen LogP) is 1.93. The first-order chi connectivity index (χ1) is 9.91. The average Bonchev–Trinajstić information content (AvgIpc) is 3.26.